The second-order valence-corrected chi connectivity index (χ2v) is 8.15. The fraction of sp³-hybridized carbons (Fsp3) is 0.182. The van der Waals surface area contributed by atoms with Gasteiger partial charge in [-0.05, 0) is 18.2 Å². The number of aryl methyl sites for hydroxylation is 1. The van der Waals surface area contributed by atoms with Gasteiger partial charge in [0, 0.05) is 41.6 Å². The molecule has 1 N–H and O–H groups in total. The van der Waals surface area contributed by atoms with Crippen molar-refractivity contribution >= 4 is 17.6 Å². The molecule has 0 radical (unpaired) electrons. The van der Waals surface area contributed by atoms with Crippen molar-refractivity contribution in [3.8, 4) is 22.8 Å². The van der Waals surface area contributed by atoms with Crippen LogP contribution in [-0.2, 0) is 19.1 Å². The summed E-state index contributed by atoms with van der Waals surface area (Å²) in [6.07, 6.45) is 0.490. The molecule has 6 nitrogen and oxygen atoms in total. The van der Waals surface area contributed by atoms with Crippen LogP contribution in [0.1, 0.15) is 17.0 Å². The molecule has 0 fully saturated rings. The standard InChI is InChI=1S/C22H16F3N5OS/c23-22(24,25)18-15(2-1-8-26-18)12-28-20-17-16(7-11-32-17)29-19(30-20)13-3-5-14(6-4-13)21-27-9-10-31-21/h1-6,8-10H,7,11-12H2,(H,28,29,30). The number of hydrogen-bond donors (Lipinski definition) is 1. The van der Waals surface area contributed by atoms with Gasteiger partial charge in [0.2, 0.25) is 5.89 Å². The smallest absolute Gasteiger partial charge is 0.433 e. The summed E-state index contributed by atoms with van der Waals surface area (Å²) in [7, 11) is 0. The molecule has 0 saturated carbocycles. The van der Waals surface area contributed by atoms with E-state index < -0.39 is 11.9 Å². The zero-order valence-corrected chi connectivity index (χ0v) is 17.4. The Morgan fingerprint density at radius 2 is 1.81 bits per heavy atom. The summed E-state index contributed by atoms with van der Waals surface area (Å²) in [6.45, 7) is -0.0464. The van der Waals surface area contributed by atoms with Crippen LogP contribution in [0.2, 0.25) is 0 Å². The SMILES string of the molecule is FC(F)(F)c1ncccc1CNc1nc(-c2ccc(-c3ncco3)cc2)nc2c1SCC2. The quantitative estimate of drug-likeness (QED) is 0.427. The van der Waals surface area contributed by atoms with Crippen molar-refractivity contribution in [2.45, 2.75) is 24.0 Å². The number of thioether (sulfide) groups is 1. The molecule has 0 spiro atoms. The summed E-state index contributed by atoms with van der Waals surface area (Å²) in [4.78, 5) is 17.8. The minimum atomic E-state index is -4.52. The van der Waals surface area contributed by atoms with Gasteiger partial charge in [-0.1, -0.05) is 18.2 Å². The summed E-state index contributed by atoms with van der Waals surface area (Å²) < 4.78 is 45.2. The van der Waals surface area contributed by atoms with Gasteiger partial charge in [0.25, 0.3) is 0 Å². The topological polar surface area (TPSA) is 76.7 Å². The van der Waals surface area contributed by atoms with E-state index in [0.717, 1.165) is 40.1 Å². The first-order valence-electron chi connectivity index (χ1n) is 9.78. The average Bonchev–Trinajstić information content (AvgIpc) is 3.49. The summed E-state index contributed by atoms with van der Waals surface area (Å²) >= 11 is 1.60. The number of benzene rings is 1. The van der Waals surface area contributed by atoms with Crippen LogP contribution in [0.4, 0.5) is 19.0 Å². The third-order valence-corrected chi connectivity index (χ3v) is 6.08. The highest BCUT2D eigenvalue weighted by Crippen LogP contribution is 2.38. The molecular weight excluding hydrogens is 439 g/mol. The van der Waals surface area contributed by atoms with Gasteiger partial charge in [-0.3, -0.25) is 4.98 Å². The number of anilines is 1. The number of alkyl halides is 3. The van der Waals surface area contributed by atoms with E-state index in [1.54, 1.807) is 18.0 Å². The van der Waals surface area contributed by atoms with Crippen molar-refractivity contribution in [3.63, 3.8) is 0 Å². The van der Waals surface area contributed by atoms with E-state index in [-0.39, 0.29) is 12.1 Å². The zero-order valence-electron chi connectivity index (χ0n) is 16.6. The summed E-state index contributed by atoms with van der Waals surface area (Å²) in [5.74, 6) is 2.41. The van der Waals surface area contributed by atoms with E-state index in [9.17, 15) is 13.2 Å². The normalized spacial score (nSPS) is 13.2. The fourth-order valence-electron chi connectivity index (χ4n) is 3.46. The van der Waals surface area contributed by atoms with Crippen molar-refractivity contribution in [2.24, 2.45) is 0 Å². The van der Waals surface area contributed by atoms with Crippen LogP contribution in [0.3, 0.4) is 0 Å². The second-order valence-electron chi connectivity index (χ2n) is 7.05. The van der Waals surface area contributed by atoms with E-state index in [1.807, 2.05) is 24.3 Å². The van der Waals surface area contributed by atoms with E-state index in [0.29, 0.717) is 17.5 Å². The Bertz CT molecular complexity index is 1240. The van der Waals surface area contributed by atoms with Crippen molar-refractivity contribution in [3.05, 3.63) is 72.0 Å². The summed E-state index contributed by atoms with van der Waals surface area (Å²) in [5.41, 5.74) is 1.67. The van der Waals surface area contributed by atoms with Crippen LogP contribution in [0.15, 0.2) is 64.4 Å². The highest BCUT2D eigenvalue weighted by molar-refractivity contribution is 7.99. The summed E-state index contributed by atoms with van der Waals surface area (Å²) in [5, 5.41) is 3.08. The van der Waals surface area contributed by atoms with E-state index in [4.69, 9.17) is 4.42 Å². The number of nitrogens with one attached hydrogen (secondary N) is 1. The molecule has 0 atom stereocenters. The number of halogens is 3. The molecule has 0 saturated heterocycles. The Hall–Kier alpha value is -3.40. The third-order valence-electron chi connectivity index (χ3n) is 4.95. The van der Waals surface area contributed by atoms with Gasteiger partial charge in [-0.25, -0.2) is 15.0 Å². The van der Waals surface area contributed by atoms with Gasteiger partial charge < -0.3 is 9.73 Å². The van der Waals surface area contributed by atoms with Crippen LogP contribution in [0.5, 0.6) is 0 Å². The maximum absolute atomic E-state index is 13.3. The number of aromatic nitrogens is 4. The molecule has 0 amide bonds. The van der Waals surface area contributed by atoms with Gasteiger partial charge in [0.15, 0.2) is 5.82 Å². The number of oxazole rings is 1. The zero-order chi connectivity index (χ0) is 22.1. The van der Waals surface area contributed by atoms with Crippen molar-refractivity contribution in [1.82, 2.24) is 19.9 Å². The van der Waals surface area contributed by atoms with Gasteiger partial charge in [-0.15, -0.1) is 11.8 Å². The van der Waals surface area contributed by atoms with Gasteiger partial charge in [-0.2, -0.15) is 13.2 Å². The van der Waals surface area contributed by atoms with Crippen molar-refractivity contribution in [1.29, 1.82) is 0 Å². The molecule has 1 aliphatic rings. The lowest BCUT2D eigenvalue weighted by atomic mass is 10.1. The first-order chi connectivity index (χ1) is 15.5. The first-order valence-corrected chi connectivity index (χ1v) is 10.8. The predicted octanol–water partition coefficient (Wildman–Crippen LogP) is 5.47. The molecule has 4 heterocycles. The molecule has 0 bridgehead atoms. The van der Waals surface area contributed by atoms with E-state index in [1.165, 1.54) is 18.4 Å². The maximum atomic E-state index is 13.3. The Morgan fingerprint density at radius 1 is 1.00 bits per heavy atom. The third kappa shape index (κ3) is 4.05. The maximum Gasteiger partial charge on any atom is 0.433 e. The fourth-order valence-corrected chi connectivity index (χ4v) is 4.53. The minimum absolute atomic E-state index is 0.0464. The van der Waals surface area contributed by atoms with Gasteiger partial charge in [0.05, 0.1) is 16.8 Å². The Morgan fingerprint density at radius 3 is 2.56 bits per heavy atom. The van der Waals surface area contributed by atoms with Crippen LogP contribution in [0.25, 0.3) is 22.8 Å². The first kappa shape index (κ1) is 20.5. The second kappa shape index (κ2) is 8.27. The van der Waals surface area contributed by atoms with Crippen molar-refractivity contribution in [2.75, 3.05) is 11.1 Å². The molecule has 1 aromatic carbocycles. The van der Waals surface area contributed by atoms with Gasteiger partial charge >= 0.3 is 6.18 Å². The molecule has 5 rings (SSSR count). The lowest BCUT2D eigenvalue weighted by molar-refractivity contribution is -0.141. The average molecular weight is 455 g/mol. The highest BCUT2D eigenvalue weighted by Gasteiger charge is 2.35. The number of hydrogen-bond acceptors (Lipinski definition) is 7. The lowest BCUT2D eigenvalue weighted by Crippen LogP contribution is -2.14. The lowest BCUT2D eigenvalue weighted by Gasteiger charge is -2.15. The molecule has 1 aliphatic heterocycles. The highest BCUT2D eigenvalue weighted by atomic mass is 32.2. The number of fused-ring (bicyclic) bond motifs is 1. The predicted molar refractivity (Wildman–Crippen MR) is 114 cm³/mol. The molecule has 3 aromatic heterocycles. The molecule has 0 aliphatic carbocycles. The summed E-state index contributed by atoms with van der Waals surface area (Å²) in [6, 6.07) is 10.4. The largest absolute Gasteiger partial charge is 0.445 e. The Kier molecular flexibility index (Phi) is 5.30. The number of pyridine rings is 1. The minimum Gasteiger partial charge on any atom is -0.445 e. The molecule has 32 heavy (non-hydrogen) atoms. The molecule has 4 aromatic rings. The Labute approximate surface area is 185 Å². The Balaban J connectivity index is 1.45. The number of nitrogens with zero attached hydrogens (tertiary/aromatic N) is 4. The van der Waals surface area contributed by atoms with Crippen LogP contribution in [-0.4, -0.2) is 25.7 Å². The van der Waals surface area contributed by atoms with Crippen molar-refractivity contribution < 1.29 is 17.6 Å². The molecule has 162 valence electrons. The van der Waals surface area contributed by atoms with Crippen LogP contribution in [0, 0.1) is 0 Å². The molecule has 0 unspecified atom stereocenters. The number of rotatable bonds is 5. The monoisotopic (exact) mass is 455 g/mol. The van der Waals surface area contributed by atoms with Gasteiger partial charge in [0.1, 0.15) is 17.8 Å². The molecular formula is C22H16F3N5OS. The van der Waals surface area contributed by atoms with E-state index >= 15 is 0 Å². The molecule has 10 heteroatoms. The van der Waals surface area contributed by atoms with E-state index in [2.05, 4.69) is 25.3 Å². The van der Waals surface area contributed by atoms with Crippen LogP contribution < -0.4 is 5.32 Å². The van der Waals surface area contributed by atoms with Crippen LogP contribution >= 0.6 is 11.8 Å².